The first-order valence-corrected chi connectivity index (χ1v) is 10.3. The molecule has 0 heterocycles. The van der Waals surface area contributed by atoms with Crippen LogP contribution in [0, 0.1) is 5.92 Å². The van der Waals surface area contributed by atoms with Crippen molar-refractivity contribution in [2.45, 2.75) is 19.4 Å². The normalized spacial score (nSPS) is 14.6. The fourth-order valence-electron chi connectivity index (χ4n) is 1.30. The largest absolute Gasteiger partial charge is 0.523 e. The molecule has 0 amide bonds. The highest BCUT2D eigenvalue weighted by Gasteiger charge is 2.35. The van der Waals surface area contributed by atoms with Crippen LogP contribution in [-0.4, -0.2) is 77.2 Å². The maximum atomic E-state index is 11.6. The van der Waals surface area contributed by atoms with E-state index in [1.807, 2.05) is 0 Å². The van der Waals surface area contributed by atoms with E-state index in [1.165, 1.54) is 7.11 Å². The Morgan fingerprint density at radius 2 is 2.09 bits per heavy atom. The molecule has 0 rings (SSSR count). The van der Waals surface area contributed by atoms with Gasteiger partial charge in [0.25, 0.3) is 0 Å². The second kappa shape index (κ2) is 12.1. The predicted octanol–water partition coefficient (Wildman–Crippen LogP) is -2.63. The summed E-state index contributed by atoms with van der Waals surface area (Å²) in [5.74, 6) is -0.799. The van der Waals surface area contributed by atoms with Crippen LogP contribution in [-0.2, 0) is 23.1 Å². The van der Waals surface area contributed by atoms with Gasteiger partial charge in [-0.1, -0.05) is 6.92 Å². The maximum absolute atomic E-state index is 11.6. The van der Waals surface area contributed by atoms with Gasteiger partial charge in [0.2, 0.25) is 0 Å². The molecule has 12 heteroatoms. The van der Waals surface area contributed by atoms with Crippen molar-refractivity contribution in [2.75, 3.05) is 33.4 Å². The van der Waals surface area contributed by atoms with Gasteiger partial charge in [-0.05, 0) is 6.42 Å². The molecule has 0 fully saturated rings. The molecule has 5 N–H and O–H groups in total. The van der Waals surface area contributed by atoms with E-state index >= 15 is 0 Å². The number of hydrogen-bond donors (Lipinski definition) is 5. The fraction of sp³-hybridized carbons (Fsp3) is 0.900. The Balaban J connectivity index is 3.79. The Kier molecular flexibility index (Phi) is 11.8. The number of nitrogens with one attached hydrogen (secondary N) is 1. The molecule has 132 valence electrons. The summed E-state index contributed by atoms with van der Waals surface area (Å²) in [5, 5.41) is 11.5. The minimum absolute atomic E-state index is 0.00661. The van der Waals surface area contributed by atoms with Gasteiger partial charge in [-0.25, -0.2) is 9.15 Å². The molecular formula is C10H25NO9Si2. The minimum atomic E-state index is -4.07. The van der Waals surface area contributed by atoms with Crippen LogP contribution in [0.4, 0.5) is 0 Å². The van der Waals surface area contributed by atoms with Crippen LogP contribution in [0.5, 0.6) is 0 Å². The van der Waals surface area contributed by atoms with Gasteiger partial charge in [-0.2, -0.15) is 0 Å². The zero-order chi connectivity index (χ0) is 17.0. The van der Waals surface area contributed by atoms with E-state index in [0.717, 1.165) is 0 Å². The van der Waals surface area contributed by atoms with Gasteiger partial charge in [0, 0.05) is 26.2 Å². The van der Waals surface area contributed by atoms with Crippen molar-refractivity contribution in [3.63, 3.8) is 0 Å². The van der Waals surface area contributed by atoms with Gasteiger partial charge < -0.3 is 34.0 Å². The molecule has 0 radical (unpaired) electrons. The summed E-state index contributed by atoms with van der Waals surface area (Å²) >= 11 is 0. The van der Waals surface area contributed by atoms with Gasteiger partial charge in [0.1, 0.15) is 0 Å². The average Bonchev–Trinajstić information content (AvgIpc) is 2.49. The fourth-order valence-corrected chi connectivity index (χ4v) is 3.01. The van der Waals surface area contributed by atoms with Crippen LogP contribution in [0.15, 0.2) is 0 Å². The molecule has 0 saturated carbocycles. The first kappa shape index (κ1) is 21.6. The number of carbonyl (C=O) groups is 1. The summed E-state index contributed by atoms with van der Waals surface area (Å²) in [7, 11) is -5.85. The molecule has 10 nitrogen and oxygen atoms in total. The molecule has 0 aromatic heterocycles. The van der Waals surface area contributed by atoms with Crippen molar-refractivity contribution in [2.24, 2.45) is 5.92 Å². The second-order valence-electron chi connectivity index (χ2n) is 4.57. The Hall–Kier alpha value is -0.416. The highest BCUT2D eigenvalue weighted by Crippen LogP contribution is 2.09. The summed E-state index contributed by atoms with van der Waals surface area (Å²) < 4.78 is 18.1. The third-order valence-corrected chi connectivity index (χ3v) is 4.72. The highest BCUT2D eigenvalue weighted by atomic mass is 28.4. The van der Waals surface area contributed by atoms with Gasteiger partial charge in [0.15, 0.2) is 0 Å². The molecule has 2 atom stereocenters. The Morgan fingerprint density at radius 1 is 1.41 bits per heavy atom. The van der Waals surface area contributed by atoms with Crippen molar-refractivity contribution < 1.29 is 42.6 Å². The topological polar surface area (TPSA) is 147 Å². The minimum Gasteiger partial charge on any atom is -0.465 e. The van der Waals surface area contributed by atoms with Crippen molar-refractivity contribution in [3.8, 4) is 0 Å². The number of rotatable bonds is 13. The van der Waals surface area contributed by atoms with E-state index in [0.29, 0.717) is 13.1 Å². The van der Waals surface area contributed by atoms with E-state index in [2.05, 4.69) is 18.9 Å². The van der Waals surface area contributed by atoms with Gasteiger partial charge in [-0.15, -0.1) is 0 Å². The predicted molar refractivity (Wildman–Crippen MR) is 78.2 cm³/mol. The third-order valence-electron chi connectivity index (χ3n) is 2.50. The summed E-state index contributed by atoms with van der Waals surface area (Å²) in [5.41, 5.74) is 0. The molecule has 0 spiro atoms. The van der Waals surface area contributed by atoms with Crippen LogP contribution in [0.2, 0.25) is 6.04 Å². The van der Waals surface area contributed by atoms with Crippen LogP contribution in [0.1, 0.15) is 13.3 Å². The highest BCUT2D eigenvalue weighted by molar-refractivity contribution is 6.57. The lowest BCUT2D eigenvalue weighted by molar-refractivity contribution is -0.185. The van der Waals surface area contributed by atoms with Crippen molar-refractivity contribution in [1.82, 2.24) is 5.32 Å². The number of aliphatic hydroxyl groups excluding tert-OH is 1. The lowest BCUT2D eigenvalue weighted by Gasteiger charge is -2.17. The van der Waals surface area contributed by atoms with E-state index in [1.54, 1.807) is 6.92 Å². The lowest BCUT2D eigenvalue weighted by Crippen LogP contribution is -2.41. The van der Waals surface area contributed by atoms with E-state index in [-0.39, 0.29) is 31.6 Å². The van der Waals surface area contributed by atoms with Crippen molar-refractivity contribution in [3.05, 3.63) is 0 Å². The SMILES string of the molecule is CO[SiH](O)OO[Si](O)(O)CCCOC(=O)C(C)CNCCO. The van der Waals surface area contributed by atoms with Crippen LogP contribution in [0.3, 0.4) is 0 Å². The standard InChI is InChI=1S/C10H25NO9Si2/c1-9(8-11-4-5-12)10(13)18-6-3-7-22(15,16)20-19-21(14)17-2/h9,11-12,14-16,21H,3-8H2,1-2H3. The molecule has 0 aliphatic rings. The monoisotopic (exact) mass is 359 g/mol. The van der Waals surface area contributed by atoms with Crippen LogP contribution in [0.25, 0.3) is 0 Å². The number of aliphatic hydroxyl groups is 1. The van der Waals surface area contributed by atoms with Gasteiger partial charge in [0.05, 0.1) is 19.1 Å². The molecule has 2 unspecified atom stereocenters. The summed E-state index contributed by atoms with van der Waals surface area (Å²) in [6.45, 7) is 2.46. The first-order valence-electron chi connectivity index (χ1n) is 6.80. The zero-order valence-electron chi connectivity index (χ0n) is 12.7. The number of carbonyl (C=O) groups excluding carboxylic acids is 1. The second-order valence-corrected chi connectivity index (χ2v) is 8.00. The lowest BCUT2D eigenvalue weighted by atomic mass is 10.2. The van der Waals surface area contributed by atoms with E-state index in [4.69, 9.17) is 14.6 Å². The molecule has 22 heavy (non-hydrogen) atoms. The zero-order valence-corrected chi connectivity index (χ0v) is 14.9. The number of esters is 1. The summed E-state index contributed by atoms with van der Waals surface area (Å²) in [6.07, 6.45) is 0.176. The number of ether oxygens (including phenoxy) is 1. The Morgan fingerprint density at radius 3 is 2.68 bits per heavy atom. The molecule has 0 aliphatic heterocycles. The van der Waals surface area contributed by atoms with Crippen molar-refractivity contribution >= 4 is 24.3 Å². The first-order chi connectivity index (χ1) is 10.3. The van der Waals surface area contributed by atoms with Crippen LogP contribution >= 0.6 is 0 Å². The van der Waals surface area contributed by atoms with Crippen LogP contribution < -0.4 is 5.32 Å². The van der Waals surface area contributed by atoms with E-state index in [9.17, 15) is 14.4 Å². The molecule has 0 bridgehead atoms. The van der Waals surface area contributed by atoms with E-state index < -0.39 is 24.3 Å². The molecule has 0 aliphatic carbocycles. The molecule has 0 saturated heterocycles. The quantitative estimate of drug-likeness (QED) is 0.0777. The Labute approximate surface area is 131 Å². The molecule has 0 aromatic carbocycles. The molecular weight excluding hydrogens is 334 g/mol. The van der Waals surface area contributed by atoms with Crippen molar-refractivity contribution in [1.29, 1.82) is 0 Å². The summed E-state index contributed by atoms with van der Waals surface area (Å²) in [6, 6.07) is -0.151. The summed E-state index contributed by atoms with van der Waals surface area (Å²) in [4.78, 5) is 39.6. The smallest absolute Gasteiger partial charge is 0.465 e. The maximum Gasteiger partial charge on any atom is 0.523 e. The number of hydrogen-bond acceptors (Lipinski definition) is 10. The average molecular weight is 359 g/mol. The van der Waals surface area contributed by atoms with Gasteiger partial charge in [-0.3, -0.25) is 4.79 Å². The third kappa shape index (κ3) is 11.2. The van der Waals surface area contributed by atoms with Gasteiger partial charge >= 0.3 is 24.3 Å². The molecule has 0 aromatic rings. The Bertz CT molecular complexity index is 308.